The van der Waals surface area contributed by atoms with Gasteiger partial charge in [0.1, 0.15) is 0 Å². The molecule has 0 atom stereocenters. The molecule has 2 aromatic carbocycles. The number of methoxy groups -OCH3 is 2. The highest BCUT2D eigenvalue weighted by Crippen LogP contribution is 2.48. The molecule has 1 aliphatic rings. The van der Waals surface area contributed by atoms with E-state index < -0.39 is 5.41 Å². The van der Waals surface area contributed by atoms with Crippen molar-refractivity contribution >= 4 is 23.7 Å². The molecule has 0 bridgehead atoms. The standard InChI is InChI=1S/C23H22O6/c1-28-19-13-15(3-7-17(19)24)5-9-21(26)23(11-12-23)22(27)10-6-16-4-8-18(25)20(14-16)29-2/h3-10,13-14,24-25H,11-12H2,1-2H3/b9-5+,10-6+. The lowest BCUT2D eigenvalue weighted by Gasteiger charge is -2.08. The van der Waals surface area contributed by atoms with Gasteiger partial charge in [0.25, 0.3) is 0 Å². The number of ketones is 2. The first-order chi connectivity index (χ1) is 13.9. The molecular formula is C23H22O6. The fourth-order valence-corrected chi connectivity index (χ4v) is 3.00. The molecule has 29 heavy (non-hydrogen) atoms. The number of ether oxygens (including phenoxy) is 2. The number of aromatic hydroxyl groups is 2. The van der Waals surface area contributed by atoms with Gasteiger partial charge in [-0.05, 0) is 60.4 Å². The van der Waals surface area contributed by atoms with Gasteiger partial charge >= 0.3 is 0 Å². The number of hydrogen-bond acceptors (Lipinski definition) is 6. The monoisotopic (exact) mass is 394 g/mol. The summed E-state index contributed by atoms with van der Waals surface area (Å²) in [6.07, 6.45) is 7.02. The van der Waals surface area contributed by atoms with Crippen LogP contribution >= 0.6 is 0 Å². The molecule has 0 spiro atoms. The summed E-state index contributed by atoms with van der Waals surface area (Å²) in [7, 11) is 2.89. The number of phenolic OH excluding ortho intramolecular Hbond substituents is 2. The van der Waals surface area contributed by atoms with E-state index in [0.717, 1.165) is 0 Å². The fourth-order valence-electron chi connectivity index (χ4n) is 3.00. The Morgan fingerprint density at radius 1 is 0.828 bits per heavy atom. The topological polar surface area (TPSA) is 93.1 Å². The van der Waals surface area contributed by atoms with Gasteiger partial charge < -0.3 is 19.7 Å². The summed E-state index contributed by atoms with van der Waals surface area (Å²) in [5, 5.41) is 19.3. The van der Waals surface area contributed by atoms with Crippen LogP contribution < -0.4 is 9.47 Å². The van der Waals surface area contributed by atoms with Crippen molar-refractivity contribution in [3.8, 4) is 23.0 Å². The highest BCUT2D eigenvalue weighted by atomic mass is 16.5. The van der Waals surface area contributed by atoms with Crippen LogP contribution in [0.1, 0.15) is 24.0 Å². The van der Waals surface area contributed by atoms with Crippen LogP contribution in [0.4, 0.5) is 0 Å². The predicted octanol–water partition coefficient (Wildman–Crippen LogP) is 3.76. The van der Waals surface area contributed by atoms with E-state index in [1.807, 2.05) is 0 Å². The number of rotatable bonds is 8. The Morgan fingerprint density at radius 2 is 1.24 bits per heavy atom. The Hall–Kier alpha value is -3.54. The summed E-state index contributed by atoms with van der Waals surface area (Å²) in [5.74, 6) is 0.153. The molecule has 2 N–H and O–H groups in total. The van der Waals surface area contributed by atoms with E-state index in [0.29, 0.717) is 35.5 Å². The zero-order chi connectivity index (χ0) is 21.0. The maximum absolute atomic E-state index is 12.6. The van der Waals surface area contributed by atoms with E-state index in [4.69, 9.17) is 9.47 Å². The molecule has 0 amide bonds. The molecule has 0 aromatic heterocycles. The van der Waals surface area contributed by atoms with Crippen molar-refractivity contribution in [2.75, 3.05) is 14.2 Å². The molecule has 6 nitrogen and oxygen atoms in total. The van der Waals surface area contributed by atoms with Gasteiger partial charge in [-0.2, -0.15) is 0 Å². The van der Waals surface area contributed by atoms with Crippen LogP contribution in [0.15, 0.2) is 48.6 Å². The van der Waals surface area contributed by atoms with Crippen LogP contribution in [0.3, 0.4) is 0 Å². The van der Waals surface area contributed by atoms with E-state index in [9.17, 15) is 19.8 Å². The van der Waals surface area contributed by atoms with Crippen molar-refractivity contribution in [3.05, 3.63) is 59.7 Å². The summed E-state index contributed by atoms with van der Waals surface area (Å²) in [4.78, 5) is 25.3. The van der Waals surface area contributed by atoms with Gasteiger partial charge in [0.15, 0.2) is 34.6 Å². The van der Waals surface area contributed by atoms with Gasteiger partial charge in [0.2, 0.25) is 0 Å². The van der Waals surface area contributed by atoms with Crippen LogP contribution in [0.2, 0.25) is 0 Å². The second kappa shape index (κ2) is 8.22. The van der Waals surface area contributed by atoms with Gasteiger partial charge in [-0.3, -0.25) is 9.59 Å². The summed E-state index contributed by atoms with van der Waals surface area (Å²) in [6.45, 7) is 0. The van der Waals surface area contributed by atoms with E-state index in [-0.39, 0.29) is 23.1 Å². The average Bonchev–Trinajstić information content (AvgIpc) is 3.54. The van der Waals surface area contributed by atoms with Crippen molar-refractivity contribution in [3.63, 3.8) is 0 Å². The number of carbonyl (C=O) groups excluding carboxylic acids is 2. The van der Waals surface area contributed by atoms with Crippen molar-refractivity contribution in [1.82, 2.24) is 0 Å². The first-order valence-electron chi connectivity index (χ1n) is 9.08. The third-order valence-corrected chi connectivity index (χ3v) is 4.96. The predicted molar refractivity (Wildman–Crippen MR) is 109 cm³/mol. The van der Waals surface area contributed by atoms with Crippen LogP contribution in [0, 0.1) is 5.41 Å². The minimum Gasteiger partial charge on any atom is -0.504 e. The quantitative estimate of drug-likeness (QED) is 0.523. The SMILES string of the molecule is COc1cc(/C=C/C(=O)C2(C(=O)/C=C/c3ccc(O)c(OC)c3)CC2)ccc1O. The first kappa shape index (κ1) is 20.2. The molecule has 3 rings (SSSR count). The Kier molecular flexibility index (Phi) is 5.73. The van der Waals surface area contributed by atoms with Crippen LogP contribution in [-0.4, -0.2) is 36.0 Å². The molecule has 0 radical (unpaired) electrons. The lowest BCUT2D eigenvalue weighted by Crippen LogP contribution is -2.22. The largest absolute Gasteiger partial charge is 0.504 e. The summed E-state index contributed by atoms with van der Waals surface area (Å²) >= 11 is 0. The smallest absolute Gasteiger partial charge is 0.169 e. The Morgan fingerprint density at radius 3 is 1.59 bits per heavy atom. The molecule has 0 saturated heterocycles. The first-order valence-corrected chi connectivity index (χ1v) is 9.08. The van der Waals surface area contributed by atoms with Gasteiger partial charge in [-0.1, -0.05) is 24.3 Å². The minimum atomic E-state index is -1.00. The zero-order valence-corrected chi connectivity index (χ0v) is 16.2. The third-order valence-electron chi connectivity index (χ3n) is 4.96. The normalized spacial score (nSPS) is 14.8. The van der Waals surface area contributed by atoms with E-state index in [2.05, 4.69) is 0 Å². The zero-order valence-electron chi connectivity index (χ0n) is 16.2. The molecule has 2 aromatic rings. The Balaban J connectivity index is 1.71. The van der Waals surface area contributed by atoms with Crippen molar-refractivity contribution < 1.29 is 29.3 Å². The number of benzene rings is 2. The van der Waals surface area contributed by atoms with Gasteiger partial charge in [0.05, 0.1) is 19.6 Å². The summed E-state index contributed by atoms with van der Waals surface area (Å²) in [6, 6.07) is 9.49. The van der Waals surface area contributed by atoms with Crippen molar-refractivity contribution in [2.24, 2.45) is 5.41 Å². The molecule has 1 aliphatic carbocycles. The number of hydrogen-bond donors (Lipinski definition) is 2. The third kappa shape index (κ3) is 4.32. The fraction of sp³-hybridized carbons (Fsp3) is 0.217. The van der Waals surface area contributed by atoms with Gasteiger partial charge in [0, 0.05) is 0 Å². The summed E-state index contributed by atoms with van der Waals surface area (Å²) < 4.78 is 10.1. The molecule has 150 valence electrons. The Labute approximate surface area is 168 Å². The second-order valence-corrected chi connectivity index (χ2v) is 6.84. The summed E-state index contributed by atoms with van der Waals surface area (Å²) in [5.41, 5.74) is 0.362. The maximum atomic E-state index is 12.6. The van der Waals surface area contributed by atoms with Crippen LogP contribution in [-0.2, 0) is 9.59 Å². The molecule has 1 saturated carbocycles. The highest BCUT2D eigenvalue weighted by Gasteiger charge is 2.53. The highest BCUT2D eigenvalue weighted by molar-refractivity contribution is 6.19. The van der Waals surface area contributed by atoms with E-state index in [1.54, 1.807) is 36.4 Å². The maximum Gasteiger partial charge on any atom is 0.169 e. The number of carbonyl (C=O) groups is 2. The van der Waals surface area contributed by atoms with Crippen molar-refractivity contribution in [2.45, 2.75) is 12.8 Å². The molecule has 1 fully saturated rings. The second-order valence-electron chi connectivity index (χ2n) is 6.84. The van der Waals surface area contributed by atoms with Crippen molar-refractivity contribution in [1.29, 1.82) is 0 Å². The molecular weight excluding hydrogens is 372 g/mol. The number of phenols is 2. The lowest BCUT2D eigenvalue weighted by molar-refractivity contribution is -0.129. The average molecular weight is 394 g/mol. The van der Waals surface area contributed by atoms with Gasteiger partial charge in [-0.25, -0.2) is 0 Å². The Bertz CT molecular complexity index is 921. The molecule has 0 unspecified atom stereocenters. The van der Waals surface area contributed by atoms with E-state index in [1.165, 1.54) is 38.5 Å². The molecule has 6 heteroatoms. The number of allylic oxidation sites excluding steroid dienone is 2. The lowest BCUT2D eigenvalue weighted by atomic mass is 9.93. The molecule has 0 aliphatic heterocycles. The molecule has 0 heterocycles. The van der Waals surface area contributed by atoms with Gasteiger partial charge in [-0.15, -0.1) is 0 Å². The van der Waals surface area contributed by atoms with Crippen LogP contribution in [0.5, 0.6) is 23.0 Å². The minimum absolute atomic E-state index is 0.0146. The van der Waals surface area contributed by atoms with Crippen LogP contribution in [0.25, 0.3) is 12.2 Å². The van der Waals surface area contributed by atoms with E-state index >= 15 is 0 Å².